The summed E-state index contributed by atoms with van der Waals surface area (Å²) in [6, 6.07) is 23.4. The lowest BCUT2D eigenvalue weighted by Crippen LogP contribution is -2.16. The van der Waals surface area contributed by atoms with Crippen molar-refractivity contribution in [1.82, 2.24) is 5.16 Å². The highest BCUT2D eigenvalue weighted by Gasteiger charge is 2.17. The predicted molar refractivity (Wildman–Crippen MR) is 130 cm³/mol. The molecule has 1 heterocycles. The first kappa shape index (κ1) is 23.8. The molecule has 0 fully saturated rings. The number of carbonyl (C=O) groups excluding carboxylic acids is 1. The summed E-state index contributed by atoms with van der Waals surface area (Å²) < 4.78 is 43.6. The Bertz CT molecular complexity index is 1390. The Balaban J connectivity index is 1.36. The van der Waals surface area contributed by atoms with E-state index in [4.69, 9.17) is 14.0 Å². The van der Waals surface area contributed by atoms with Gasteiger partial charge in [0.25, 0.3) is 15.9 Å². The maximum atomic E-state index is 12.8. The second-order valence-electron chi connectivity index (χ2n) is 7.41. The number of ether oxygens (including phenoxy) is 2. The van der Waals surface area contributed by atoms with Gasteiger partial charge >= 0.3 is 0 Å². The van der Waals surface area contributed by atoms with Crippen LogP contribution in [-0.2, 0) is 10.0 Å². The van der Waals surface area contributed by atoms with E-state index < -0.39 is 15.9 Å². The summed E-state index contributed by atoms with van der Waals surface area (Å²) >= 11 is 0. The number of aryl methyl sites for hydroxylation is 1. The van der Waals surface area contributed by atoms with Crippen LogP contribution in [-0.4, -0.2) is 32.7 Å². The molecule has 0 atom stereocenters. The van der Waals surface area contributed by atoms with Crippen LogP contribution in [0.2, 0.25) is 0 Å². The highest BCUT2D eigenvalue weighted by Crippen LogP contribution is 2.22. The molecule has 4 rings (SSSR count). The normalized spacial score (nSPS) is 11.0. The first-order valence-electron chi connectivity index (χ1n) is 10.7. The van der Waals surface area contributed by atoms with Gasteiger partial charge < -0.3 is 19.3 Å². The zero-order valence-electron chi connectivity index (χ0n) is 18.8. The molecule has 9 nitrogen and oxygen atoms in total. The van der Waals surface area contributed by atoms with Gasteiger partial charge in [0, 0.05) is 11.8 Å². The van der Waals surface area contributed by atoms with Crippen molar-refractivity contribution in [3.05, 3.63) is 96.3 Å². The van der Waals surface area contributed by atoms with Gasteiger partial charge in [-0.05, 0) is 55.5 Å². The number of anilines is 2. The van der Waals surface area contributed by atoms with Gasteiger partial charge in [-0.3, -0.25) is 9.52 Å². The minimum absolute atomic E-state index is 0.0123. The molecule has 2 N–H and O–H groups in total. The molecule has 0 spiro atoms. The van der Waals surface area contributed by atoms with Crippen molar-refractivity contribution in [2.24, 2.45) is 0 Å². The Hall–Kier alpha value is -4.31. The van der Waals surface area contributed by atoms with Gasteiger partial charge in [-0.1, -0.05) is 35.5 Å². The molecular formula is C25H23N3O6S. The largest absolute Gasteiger partial charge is 0.490 e. The zero-order valence-corrected chi connectivity index (χ0v) is 19.6. The van der Waals surface area contributed by atoms with Gasteiger partial charge in [0.15, 0.2) is 5.82 Å². The fraction of sp³-hybridized carbons (Fsp3) is 0.120. The Morgan fingerprint density at radius 2 is 1.60 bits per heavy atom. The van der Waals surface area contributed by atoms with E-state index in [1.54, 1.807) is 31.2 Å². The number of aromatic nitrogens is 1. The van der Waals surface area contributed by atoms with Crippen LogP contribution in [0.3, 0.4) is 0 Å². The predicted octanol–water partition coefficient (Wildman–Crippen LogP) is 4.49. The number of nitrogens with zero attached hydrogens (tertiary/aromatic N) is 1. The molecule has 0 saturated carbocycles. The quantitative estimate of drug-likeness (QED) is 0.312. The van der Waals surface area contributed by atoms with Crippen molar-refractivity contribution in [3.8, 4) is 11.5 Å². The molecule has 1 amide bonds. The van der Waals surface area contributed by atoms with Crippen molar-refractivity contribution < 1.29 is 27.2 Å². The second-order valence-corrected chi connectivity index (χ2v) is 9.10. The standard InChI is InChI=1S/C25H23N3O6S/c1-18-17-24(27-34-18)28-35(30,31)21-13-11-19(12-14-21)26-25(29)22-9-5-6-10-23(22)33-16-15-32-20-7-3-2-4-8-20/h2-14,17H,15-16H2,1H3,(H,26,29)(H,27,28). The topological polar surface area (TPSA) is 120 Å². The van der Waals surface area contributed by atoms with Crippen molar-refractivity contribution >= 4 is 27.4 Å². The maximum absolute atomic E-state index is 12.8. The zero-order chi connectivity index (χ0) is 24.7. The molecule has 0 aliphatic carbocycles. The molecule has 3 aromatic carbocycles. The smallest absolute Gasteiger partial charge is 0.263 e. The van der Waals surface area contributed by atoms with Crippen LogP contribution in [0.4, 0.5) is 11.5 Å². The second kappa shape index (κ2) is 10.7. The maximum Gasteiger partial charge on any atom is 0.263 e. The Kier molecular flexibility index (Phi) is 7.32. The lowest BCUT2D eigenvalue weighted by molar-refractivity contribution is 0.102. The lowest BCUT2D eigenvalue weighted by atomic mass is 10.2. The number of carbonyl (C=O) groups is 1. The van der Waals surface area contributed by atoms with Crippen LogP contribution in [0.1, 0.15) is 16.1 Å². The SMILES string of the molecule is Cc1cc(NS(=O)(=O)c2ccc(NC(=O)c3ccccc3OCCOc3ccccc3)cc2)no1. The molecule has 0 radical (unpaired) electrons. The number of rotatable bonds is 10. The molecule has 0 aliphatic heterocycles. The summed E-state index contributed by atoms with van der Waals surface area (Å²) in [5, 5.41) is 6.38. The van der Waals surface area contributed by atoms with Crippen molar-refractivity contribution in [2.45, 2.75) is 11.8 Å². The monoisotopic (exact) mass is 493 g/mol. The number of nitrogens with one attached hydrogen (secondary N) is 2. The Labute approximate surface area is 202 Å². The molecule has 0 saturated heterocycles. The summed E-state index contributed by atoms with van der Waals surface area (Å²) in [5.41, 5.74) is 0.764. The van der Waals surface area contributed by atoms with Crippen LogP contribution in [0.5, 0.6) is 11.5 Å². The first-order valence-corrected chi connectivity index (χ1v) is 12.2. The van der Waals surface area contributed by atoms with Gasteiger partial charge in [-0.25, -0.2) is 8.42 Å². The van der Waals surface area contributed by atoms with Crippen molar-refractivity contribution in [3.63, 3.8) is 0 Å². The molecule has 1 aromatic heterocycles. The molecule has 4 aromatic rings. The molecule has 10 heteroatoms. The summed E-state index contributed by atoms with van der Waals surface area (Å²) in [7, 11) is -3.85. The molecular weight excluding hydrogens is 470 g/mol. The summed E-state index contributed by atoms with van der Waals surface area (Å²) in [6.07, 6.45) is 0. The average Bonchev–Trinajstić information content (AvgIpc) is 3.26. The highest BCUT2D eigenvalue weighted by molar-refractivity contribution is 7.92. The van der Waals surface area contributed by atoms with E-state index in [1.165, 1.54) is 30.3 Å². The van der Waals surface area contributed by atoms with Gasteiger partial charge in [0.2, 0.25) is 0 Å². The third kappa shape index (κ3) is 6.39. The van der Waals surface area contributed by atoms with E-state index in [0.29, 0.717) is 29.4 Å². The third-order valence-electron chi connectivity index (χ3n) is 4.77. The Morgan fingerprint density at radius 1 is 0.914 bits per heavy atom. The van der Waals surface area contributed by atoms with Crippen LogP contribution < -0.4 is 19.5 Å². The van der Waals surface area contributed by atoms with Crippen molar-refractivity contribution in [1.29, 1.82) is 0 Å². The number of sulfonamides is 1. The van der Waals surface area contributed by atoms with E-state index >= 15 is 0 Å². The van der Waals surface area contributed by atoms with Crippen LogP contribution in [0.25, 0.3) is 0 Å². The molecule has 180 valence electrons. The van der Waals surface area contributed by atoms with Crippen LogP contribution >= 0.6 is 0 Å². The van der Waals surface area contributed by atoms with E-state index in [2.05, 4.69) is 15.2 Å². The lowest BCUT2D eigenvalue weighted by Gasteiger charge is -2.13. The van der Waals surface area contributed by atoms with E-state index in [9.17, 15) is 13.2 Å². The third-order valence-corrected chi connectivity index (χ3v) is 6.14. The number of hydrogen-bond donors (Lipinski definition) is 2. The fourth-order valence-electron chi connectivity index (χ4n) is 3.13. The van der Waals surface area contributed by atoms with Crippen LogP contribution in [0.15, 0.2) is 94.3 Å². The minimum Gasteiger partial charge on any atom is -0.490 e. The molecule has 0 bridgehead atoms. The Morgan fingerprint density at radius 3 is 2.31 bits per heavy atom. The summed E-state index contributed by atoms with van der Waals surface area (Å²) in [6.45, 7) is 2.23. The number of hydrogen-bond acceptors (Lipinski definition) is 7. The number of benzene rings is 3. The summed E-state index contributed by atoms with van der Waals surface area (Å²) in [5.74, 6) is 1.32. The van der Waals surface area contributed by atoms with Gasteiger partial charge in [0.1, 0.15) is 30.5 Å². The van der Waals surface area contributed by atoms with E-state index in [-0.39, 0.29) is 17.3 Å². The van der Waals surface area contributed by atoms with Crippen LogP contribution in [0, 0.1) is 6.92 Å². The van der Waals surface area contributed by atoms with E-state index in [0.717, 1.165) is 5.75 Å². The fourth-order valence-corrected chi connectivity index (χ4v) is 4.12. The summed E-state index contributed by atoms with van der Waals surface area (Å²) in [4.78, 5) is 12.9. The van der Waals surface area contributed by atoms with Gasteiger partial charge in [-0.15, -0.1) is 0 Å². The average molecular weight is 494 g/mol. The minimum atomic E-state index is -3.85. The molecule has 0 unspecified atom stereocenters. The number of amides is 1. The molecule has 0 aliphatic rings. The number of para-hydroxylation sites is 2. The van der Waals surface area contributed by atoms with Gasteiger partial charge in [0.05, 0.1) is 10.5 Å². The highest BCUT2D eigenvalue weighted by atomic mass is 32.2. The first-order chi connectivity index (χ1) is 16.9. The molecule has 35 heavy (non-hydrogen) atoms. The van der Waals surface area contributed by atoms with Gasteiger partial charge in [-0.2, -0.15) is 0 Å². The van der Waals surface area contributed by atoms with Crippen molar-refractivity contribution in [2.75, 3.05) is 23.3 Å². The van der Waals surface area contributed by atoms with E-state index in [1.807, 2.05) is 30.3 Å².